The van der Waals surface area contributed by atoms with E-state index in [0.717, 1.165) is 16.6 Å². The summed E-state index contributed by atoms with van der Waals surface area (Å²) in [5.41, 5.74) is 1.63. The van der Waals surface area contributed by atoms with Crippen molar-refractivity contribution in [2.24, 2.45) is 0 Å². The maximum atomic E-state index is 13.8. The van der Waals surface area contributed by atoms with Gasteiger partial charge in [-0.05, 0) is 25.5 Å². The fourth-order valence-corrected chi connectivity index (χ4v) is 2.72. The van der Waals surface area contributed by atoms with Crippen LogP contribution in [0.2, 0.25) is 0 Å². The summed E-state index contributed by atoms with van der Waals surface area (Å²) in [6.45, 7) is 3.90. The Morgan fingerprint density at radius 3 is 2.67 bits per heavy atom. The van der Waals surface area contributed by atoms with Gasteiger partial charge in [0.25, 0.3) is 5.56 Å². The van der Waals surface area contributed by atoms with Crippen molar-refractivity contribution in [1.29, 1.82) is 0 Å². The first-order valence-electron chi connectivity index (χ1n) is 7.50. The van der Waals surface area contributed by atoms with Crippen molar-refractivity contribution >= 4 is 16.7 Å². The van der Waals surface area contributed by atoms with E-state index in [9.17, 15) is 14.4 Å². The van der Waals surface area contributed by atoms with Crippen LogP contribution in [0.4, 0.5) is 10.2 Å². The molecule has 0 spiro atoms. The number of hydroxylamine groups is 1. The number of anilines is 1. The molecule has 0 aliphatic heterocycles. The van der Waals surface area contributed by atoms with E-state index < -0.39 is 5.82 Å². The van der Waals surface area contributed by atoms with Gasteiger partial charge in [-0.1, -0.05) is 0 Å². The van der Waals surface area contributed by atoms with Gasteiger partial charge in [0.2, 0.25) is 0 Å². The highest BCUT2D eigenvalue weighted by molar-refractivity contribution is 5.85. The molecular weight excluding hydrogens is 311 g/mol. The zero-order chi connectivity index (χ0) is 17.4. The number of nitrogens with zero attached hydrogens (tertiary/aromatic N) is 4. The monoisotopic (exact) mass is 328 g/mol. The van der Waals surface area contributed by atoms with Crippen LogP contribution in [0.25, 0.3) is 22.0 Å². The van der Waals surface area contributed by atoms with Crippen molar-refractivity contribution < 1.29 is 9.60 Å². The van der Waals surface area contributed by atoms with Gasteiger partial charge in [-0.3, -0.25) is 15.0 Å². The summed E-state index contributed by atoms with van der Waals surface area (Å²) in [4.78, 5) is 20.9. The third-order valence-corrected chi connectivity index (χ3v) is 4.06. The van der Waals surface area contributed by atoms with Crippen molar-refractivity contribution in [3.8, 4) is 11.1 Å². The summed E-state index contributed by atoms with van der Waals surface area (Å²) in [6.07, 6.45) is 4.20. The Kier molecular flexibility index (Phi) is 4.02. The van der Waals surface area contributed by atoms with Gasteiger partial charge in [0.05, 0.1) is 11.7 Å². The number of halogens is 1. The van der Waals surface area contributed by atoms with Gasteiger partial charge in [0.1, 0.15) is 5.82 Å². The summed E-state index contributed by atoms with van der Waals surface area (Å²) in [5.74, 6) is -0.120. The van der Waals surface area contributed by atoms with E-state index >= 15 is 0 Å². The van der Waals surface area contributed by atoms with Gasteiger partial charge >= 0.3 is 0 Å². The lowest BCUT2D eigenvalue weighted by molar-refractivity contribution is 0.276. The molecule has 0 atom stereocenters. The first kappa shape index (κ1) is 16.1. The topological polar surface area (TPSA) is 71.2 Å². The lowest BCUT2D eigenvalue weighted by Crippen LogP contribution is -2.22. The molecular formula is C17H17FN4O2. The van der Waals surface area contributed by atoms with Crippen LogP contribution in [0.15, 0.2) is 35.5 Å². The molecule has 0 bridgehead atoms. The molecule has 3 rings (SSSR count). The van der Waals surface area contributed by atoms with Gasteiger partial charge in [0.15, 0.2) is 5.82 Å². The second-order valence-corrected chi connectivity index (χ2v) is 5.53. The molecule has 0 saturated carbocycles. The van der Waals surface area contributed by atoms with E-state index in [-0.39, 0.29) is 5.56 Å². The van der Waals surface area contributed by atoms with E-state index in [1.54, 1.807) is 29.8 Å². The average Bonchev–Trinajstić information content (AvgIpc) is 2.56. The van der Waals surface area contributed by atoms with Gasteiger partial charge in [-0.2, -0.15) is 0 Å². The first-order chi connectivity index (χ1) is 11.4. The van der Waals surface area contributed by atoms with Crippen LogP contribution in [-0.2, 0) is 6.54 Å². The quantitative estimate of drug-likeness (QED) is 0.749. The number of aryl methyl sites for hydroxylation is 1. The standard InChI is InChI=1S/C17H17FN4O2/c1-4-22-15-6-16(21(3)24)20-7-11(15)5-12(17(22)23)13-8-19-9-14(18)10(13)2/h5-9,24H,4H2,1-3H3. The largest absolute Gasteiger partial charge is 0.308 e. The molecule has 1 N–H and O–H groups in total. The normalized spacial score (nSPS) is 11.0. The van der Waals surface area contributed by atoms with E-state index in [2.05, 4.69) is 9.97 Å². The van der Waals surface area contributed by atoms with E-state index in [1.807, 2.05) is 6.92 Å². The molecule has 3 aromatic heterocycles. The lowest BCUT2D eigenvalue weighted by atomic mass is 10.0. The van der Waals surface area contributed by atoms with Crippen LogP contribution in [-0.4, -0.2) is 26.8 Å². The summed E-state index contributed by atoms with van der Waals surface area (Å²) in [7, 11) is 1.46. The summed E-state index contributed by atoms with van der Waals surface area (Å²) in [6, 6.07) is 3.32. The minimum absolute atomic E-state index is 0.238. The number of hydrogen-bond donors (Lipinski definition) is 1. The maximum absolute atomic E-state index is 13.8. The molecule has 0 aliphatic carbocycles. The number of pyridine rings is 3. The molecule has 0 amide bonds. The SMILES string of the molecule is CCn1c(=O)c(-c2cncc(F)c2C)cc2cnc(N(C)O)cc21. The van der Waals surface area contributed by atoms with Crippen LogP contribution < -0.4 is 10.6 Å². The Morgan fingerprint density at radius 1 is 1.25 bits per heavy atom. The van der Waals surface area contributed by atoms with Crippen LogP contribution in [0.3, 0.4) is 0 Å². The summed E-state index contributed by atoms with van der Waals surface area (Å²) >= 11 is 0. The Labute approximate surface area is 137 Å². The average molecular weight is 328 g/mol. The van der Waals surface area contributed by atoms with Crippen LogP contribution >= 0.6 is 0 Å². The lowest BCUT2D eigenvalue weighted by Gasteiger charge is -2.15. The van der Waals surface area contributed by atoms with Crippen LogP contribution in [0.1, 0.15) is 12.5 Å². The minimum Gasteiger partial charge on any atom is -0.308 e. The number of aromatic nitrogens is 3. The molecule has 0 aromatic carbocycles. The predicted molar refractivity (Wildman–Crippen MR) is 89.8 cm³/mol. The van der Waals surface area contributed by atoms with Crippen LogP contribution in [0, 0.1) is 12.7 Å². The second-order valence-electron chi connectivity index (χ2n) is 5.53. The van der Waals surface area contributed by atoms with Crippen molar-refractivity contribution in [2.75, 3.05) is 12.1 Å². The third-order valence-electron chi connectivity index (χ3n) is 4.06. The van der Waals surface area contributed by atoms with Crippen molar-refractivity contribution in [3.05, 3.63) is 52.5 Å². The first-order valence-corrected chi connectivity index (χ1v) is 7.50. The third kappa shape index (κ3) is 2.52. The molecule has 0 fully saturated rings. The minimum atomic E-state index is -0.453. The fourth-order valence-electron chi connectivity index (χ4n) is 2.72. The Balaban J connectivity index is 2.36. The summed E-state index contributed by atoms with van der Waals surface area (Å²) < 4.78 is 15.4. The zero-order valence-electron chi connectivity index (χ0n) is 13.6. The molecule has 0 unspecified atom stereocenters. The van der Waals surface area contributed by atoms with Gasteiger partial charge in [-0.15, -0.1) is 0 Å². The molecule has 0 aliphatic rings. The van der Waals surface area contributed by atoms with E-state index in [0.29, 0.717) is 34.6 Å². The zero-order valence-corrected chi connectivity index (χ0v) is 13.6. The molecule has 0 radical (unpaired) electrons. The maximum Gasteiger partial charge on any atom is 0.258 e. The number of hydrogen-bond acceptors (Lipinski definition) is 5. The Hall–Kier alpha value is -2.80. The van der Waals surface area contributed by atoms with E-state index in [4.69, 9.17) is 0 Å². The number of fused-ring (bicyclic) bond motifs is 1. The van der Waals surface area contributed by atoms with Crippen molar-refractivity contribution in [2.45, 2.75) is 20.4 Å². The Morgan fingerprint density at radius 2 is 2.00 bits per heavy atom. The molecule has 7 heteroatoms. The molecule has 3 aromatic rings. The Bertz CT molecular complexity index is 982. The number of rotatable bonds is 3. The fraction of sp³-hybridized carbons (Fsp3) is 0.235. The van der Waals surface area contributed by atoms with E-state index in [1.165, 1.54) is 13.2 Å². The van der Waals surface area contributed by atoms with Gasteiger partial charge in [0, 0.05) is 48.6 Å². The highest BCUT2D eigenvalue weighted by atomic mass is 19.1. The summed E-state index contributed by atoms with van der Waals surface area (Å²) in [5, 5.41) is 11.2. The molecule has 6 nitrogen and oxygen atoms in total. The van der Waals surface area contributed by atoms with Gasteiger partial charge < -0.3 is 4.57 Å². The predicted octanol–water partition coefficient (Wildman–Crippen LogP) is 2.75. The highest BCUT2D eigenvalue weighted by Gasteiger charge is 2.15. The molecule has 3 heterocycles. The smallest absolute Gasteiger partial charge is 0.258 e. The molecule has 0 saturated heterocycles. The van der Waals surface area contributed by atoms with Crippen molar-refractivity contribution in [1.82, 2.24) is 14.5 Å². The van der Waals surface area contributed by atoms with Crippen LogP contribution in [0.5, 0.6) is 0 Å². The van der Waals surface area contributed by atoms with Crippen molar-refractivity contribution in [3.63, 3.8) is 0 Å². The molecule has 124 valence electrons. The van der Waals surface area contributed by atoms with Gasteiger partial charge in [-0.25, -0.2) is 14.4 Å². The second kappa shape index (κ2) is 6.01. The highest BCUT2D eigenvalue weighted by Crippen LogP contribution is 2.25. The molecule has 24 heavy (non-hydrogen) atoms.